The van der Waals surface area contributed by atoms with E-state index in [0.29, 0.717) is 24.4 Å². The van der Waals surface area contributed by atoms with E-state index in [2.05, 4.69) is 31.0 Å². The molecule has 3 heteroatoms. The van der Waals surface area contributed by atoms with Crippen LogP contribution in [0.1, 0.15) is 46.5 Å². The molecule has 16 heavy (non-hydrogen) atoms. The first-order chi connectivity index (χ1) is 7.65. The highest BCUT2D eigenvalue weighted by Crippen LogP contribution is 2.34. The largest absolute Gasteiger partial charge is 0.323 e. The van der Waals surface area contributed by atoms with Crippen molar-refractivity contribution in [2.45, 2.75) is 58.7 Å². The van der Waals surface area contributed by atoms with Crippen LogP contribution in [-0.2, 0) is 4.79 Å². The average molecular weight is 224 g/mol. The van der Waals surface area contributed by atoms with Gasteiger partial charge in [0.15, 0.2) is 0 Å². The molecule has 0 aromatic carbocycles. The molecule has 2 fully saturated rings. The first kappa shape index (κ1) is 11.9. The predicted molar refractivity (Wildman–Crippen MR) is 64.9 cm³/mol. The quantitative estimate of drug-likeness (QED) is 0.778. The highest BCUT2D eigenvalue weighted by atomic mass is 16.2. The molecule has 1 N–H and O–H groups in total. The number of carbonyl (C=O) groups is 1. The van der Waals surface area contributed by atoms with Crippen LogP contribution in [0.5, 0.6) is 0 Å². The van der Waals surface area contributed by atoms with E-state index in [0.717, 1.165) is 12.3 Å². The van der Waals surface area contributed by atoms with E-state index < -0.39 is 0 Å². The van der Waals surface area contributed by atoms with Gasteiger partial charge in [-0.15, -0.1) is 0 Å². The smallest absolute Gasteiger partial charge is 0.238 e. The molecule has 0 bridgehead atoms. The summed E-state index contributed by atoms with van der Waals surface area (Å²) in [5.74, 6) is 1.70. The average Bonchev–Trinajstić information content (AvgIpc) is 2.64. The van der Waals surface area contributed by atoms with Crippen LogP contribution in [0.2, 0.25) is 0 Å². The second kappa shape index (κ2) is 4.74. The van der Waals surface area contributed by atoms with Gasteiger partial charge in [0.1, 0.15) is 0 Å². The third kappa shape index (κ3) is 1.97. The van der Waals surface area contributed by atoms with Gasteiger partial charge < -0.3 is 4.90 Å². The molecule has 0 aromatic rings. The first-order valence-corrected chi connectivity index (χ1v) is 6.69. The molecule has 4 atom stereocenters. The summed E-state index contributed by atoms with van der Waals surface area (Å²) < 4.78 is 0. The van der Waals surface area contributed by atoms with Crippen LogP contribution in [-0.4, -0.2) is 29.6 Å². The fraction of sp³-hybridized carbons (Fsp3) is 0.923. The van der Waals surface area contributed by atoms with Crippen LogP contribution in [0, 0.1) is 11.8 Å². The van der Waals surface area contributed by atoms with Crippen molar-refractivity contribution in [2.24, 2.45) is 11.8 Å². The molecule has 1 aliphatic heterocycles. The van der Waals surface area contributed by atoms with E-state index in [-0.39, 0.29) is 6.17 Å². The number of carbonyl (C=O) groups excluding carboxylic acids is 1. The topological polar surface area (TPSA) is 32.3 Å². The van der Waals surface area contributed by atoms with Gasteiger partial charge in [-0.05, 0) is 24.7 Å². The Morgan fingerprint density at radius 3 is 2.81 bits per heavy atom. The molecule has 92 valence electrons. The Morgan fingerprint density at radius 2 is 2.12 bits per heavy atom. The van der Waals surface area contributed by atoms with Gasteiger partial charge in [0.2, 0.25) is 5.91 Å². The molecule has 1 saturated heterocycles. The molecule has 3 nitrogen and oxygen atoms in total. The van der Waals surface area contributed by atoms with Crippen LogP contribution in [0.4, 0.5) is 0 Å². The Labute approximate surface area is 98.6 Å². The highest BCUT2D eigenvalue weighted by Gasteiger charge is 2.39. The number of hydrogen-bond donors (Lipinski definition) is 1. The van der Waals surface area contributed by atoms with E-state index in [4.69, 9.17) is 0 Å². The summed E-state index contributed by atoms with van der Waals surface area (Å²) in [5.41, 5.74) is 0. The lowest BCUT2D eigenvalue weighted by Crippen LogP contribution is -2.50. The molecule has 0 radical (unpaired) electrons. The summed E-state index contributed by atoms with van der Waals surface area (Å²) in [4.78, 5) is 14.1. The van der Waals surface area contributed by atoms with Gasteiger partial charge in [0.25, 0.3) is 0 Å². The number of amides is 1. The predicted octanol–water partition coefficient (Wildman–Crippen LogP) is 1.98. The highest BCUT2D eigenvalue weighted by molar-refractivity contribution is 5.81. The van der Waals surface area contributed by atoms with E-state index >= 15 is 0 Å². The van der Waals surface area contributed by atoms with Gasteiger partial charge >= 0.3 is 0 Å². The molecule has 4 unspecified atom stereocenters. The van der Waals surface area contributed by atoms with Gasteiger partial charge in [-0.25, -0.2) is 0 Å². The third-order valence-corrected chi connectivity index (χ3v) is 4.52. The zero-order chi connectivity index (χ0) is 11.7. The van der Waals surface area contributed by atoms with Crippen molar-refractivity contribution < 1.29 is 4.79 Å². The van der Waals surface area contributed by atoms with Gasteiger partial charge in [-0.1, -0.05) is 33.6 Å². The summed E-state index contributed by atoms with van der Waals surface area (Å²) in [6.45, 7) is 7.33. The minimum atomic E-state index is 0.283. The summed E-state index contributed by atoms with van der Waals surface area (Å²) in [6, 6.07) is 0.469. The summed E-state index contributed by atoms with van der Waals surface area (Å²) >= 11 is 0. The summed E-state index contributed by atoms with van der Waals surface area (Å²) in [7, 11) is 0. The van der Waals surface area contributed by atoms with Gasteiger partial charge in [0, 0.05) is 6.04 Å². The third-order valence-electron chi connectivity index (χ3n) is 4.52. The van der Waals surface area contributed by atoms with Crippen LogP contribution in [0.25, 0.3) is 0 Å². The maximum Gasteiger partial charge on any atom is 0.238 e. The molecule has 1 aliphatic carbocycles. The fourth-order valence-corrected chi connectivity index (χ4v) is 3.27. The number of rotatable bonds is 2. The molecule has 2 rings (SSSR count). The molecule has 1 saturated carbocycles. The normalized spacial score (nSPS) is 40.4. The number of nitrogens with one attached hydrogen (secondary N) is 1. The Morgan fingerprint density at radius 1 is 1.38 bits per heavy atom. The van der Waals surface area contributed by atoms with E-state index in [1.807, 2.05) is 0 Å². The van der Waals surface area contributed by atoms with Crippen molar-refractivity contribution in [3.05, 3.63) is 0 Å². The molecule has 0 spiro atoms. The SMILES string of the molecule is CCC1NCC(=O)N1C1CCCC(C)C1C. The maximum atomic E-state index is 12.0. The molecule has 2 aliphatic rings. The number of nitrogens with zero attached hydrogens (tertiary/aromatic N) is 1. The van der Waals surface area contributed by atoms with Crippen LogP contribution >= 0.6 is 0 Å². The lowest BCUT2D eigenvalue weighted by Gasteiger charge is -2.42. The van der Waals surface area contributed by atoms with Crippen molar-refractivity contribution >= 4 is 5.91 Å². The van der Waals surface area contributed by atoms with Gasteiger partial charge in [0.05, 0.1) is 12.7 Å². The maximum absolute atomic E-state index is 12.0. The Kier molecular flexibility index (Phi) is 3.53. The van der Waals surface area contributed by atoms with Crippen LogP contribution in [0.15, 0.2) is 0 Å². The second-order valence-electron chi connectivity index (χ2n) is 5.44. The molecular formula is C13H24N2O. The van der Waals surface area contributed by atoms with Gasteiger partial charge in [-0.2, -0.15) is 0 Å². The molecular weight excluding hydrogens is 200 g/mol. The minimum Gasteiger partial charge on any atom is -0.323 e. The standard InChI is InChI=1S/C13H24N2O/c1-4-12-14-8-13(16)15(12)11-7-5-6-9(2)10(11)3/h9-12,14H,4-8H2,1-3H3. The Bertz CT molecular complexity index is 267. The van der Waals surface area contributed by atoms with E-state index in [1.165, 1.54) is 19.3 Å². The van der Waals surface area contributed by atoms with Crippen LogP contribution in [0.3, 0.4) is 0 Å². The lowest BCUT2D eigenvalue weighted by atomic mass is 9.77. The van der Waals surface area contributed by atoms with Crippen molar-refractivity contribution in [3.8, 4) is 0 Å². The molecule has 0 aromatic heterocycles. The van der Waals surface area contributed by atoms with Crippen LogP contribution < -0.4 is 5.32 Å². The first-order valence-electron chi connectivity index (χ1n) is 6.69. The second-order valence-corrected chi connectivity index (χ2v) is 5.44. The summed E-state index contributed by atoms with van der Waals surface area (Å²) in [5, 5.41) is 3.32. The number of hydrogen-bond acceptors (Lipinski definition) is 2. The zero-order valence-corrected chi connectivity index (χ0v) is 10.7. The van der Waals surface area contributed by atoms with E-state index in [1.54, 1.807) is 0 Å². The molecule has 1 heterocycles. The zero-order valence-electron chi connectivity index (χ0n) is 10.7. The van der Waals surface area contributed by atoms with Crippen molar-refractivity contribution in [3.63, 3.8) is 0 Å². The summed E-state index contributed by atoms with van der Waals surface area (Å²) in [6.07, 6.45) is 5.09. The Balaban J connectivity index is 2.12. The fourth-order valence-electron chi connectivity index (χ4n) is 3.27. The monoisotopic (exact) mass is 224 g/mol. The molecule has 1 amide bonds. The minimum absolute atomic E-state index is 0.283. The lowest BCUT2D eigenvalue weighted by molar-refractivity contribution is -0.132. The van der Waals surface area contributed by atoms with E-state index in [9.17, 15) is 4.79 Å². The Hall–Kier alpha value is -0.570. The van der Waals surface area contributed by atoms with Crippen molar-refractivity contribution in [2.75, 3.05) is 6.54 Å². The van der Waals surface area contributed by atoms with Crippen molar-refractivity contribution in [1.29, 1.82) is 0 Å². The van der Waals surface area contributed by atoms with Gasteiger partial charge in [-0.3, -0.25) is 10.1 Å². The van der Waals surface area contributed by atoms with Crippen molar-refractivity contribution in [1.82, 2.24) is 10.2 Å².